The first-order valence-electron chi connectivity index (χ1n) is 6.12. The van der Waals surface area contributed by atoms with Gasteiger partial charge in [0, 0.05) is 12.3 Å². The topological polar surface area (TPSA) is 112 Å². The van der Waals surface area contributed by atoms with Crippen LogP contribution in [0.2, 0.25) is 0 Å². The third kappa shape index (κ3) is 3.32. The van der Waals surface area contributed by atoms with E-state index in [2.05, 4.69) is 10.3 Å². The van der Waals surface area contributed by atoms with E-state index in [4.69, 9.17) is 5.26 Å². The number of anilines is 1. The summed E-state index contributed by atoms with van der Waals surface area (Å²) in [5.74, 6) is 0.0157. The van der Waals surface area contributed by atoms with Gasteiger partial charge in [-0.3, -0.25) is 10.1 Å². The predicted octanol–water partition coefficient (Wildman–Crippen LogP) is 2.01. The highest BCUT2D eigenvalue weighted by Gasteiger charge is 2.20. The molecule has 0 fully saturated rings. The van der Waals surface area contributed by atoms with Crippen molar-refractivity contribution >= 4 is 11.5 Å². The van der Waals surface area contributed by atoms with Gasteiger partial charge < -0.3 is 10.4 Å². The van der Waals surface area contributed by atoms with Crippen LogP contribution >= 0.6 is 0 Å². The number of rotatable bonds is 5. The van der Waals surface area contributed by atoms with Crippen molar-refractivity contribution < 1.29 is 10.0 Å². The van der Waals surface area contributed by atoms with Crippen LogP contribution in [0.1, 0.15) is 17.2 Å². The van der Waals surface area contributed by atoms with E-state index >= 15 is 0 Å². The number of benzene rings is 1. The Labute approximate surface area is 120 Å². The van der Waals surface area contributed by atoms with Crippen molar-refractivity contribution in [3.8, 4) is 6.07 Å². The fourth-order valence-corrected chi connectivity index (χ4v) is 1.85. The minimum atomic E-state index is -0.615. The molecule has 7 heteroatoms. The molecule has 1 aromatic heterocycles. The fraction of sp³-hybridized carbons (Fsp3) is 0.143. The Morgan fingerprint density at radius 1 is 1.43 bits per heavy atom. The van der Waals surface area contributed by atoms with Crippen molar-refractivity contribution in [3.63, 3.8) is 0 Å². The fourth-order valence-electron chi connectivity index (χ4n) is 1.85. The molecule has 1 heterocycles. The Morgan fingerprint density at radius 3 is 2.71 bits per heavy atom. The van der Waals surface area contributed by atoms with Gasteiger partial charge in [0.2, 0.25) is 5.82 Å². The number of pyridine rings is 1. The maximum Gasteiger partial charge on any atom is 0.312 e. The molecule has 0 spiro atoms. The monoisotopic (exact) mass is 284 g/mol. The molecule has 2 rings (SSSR count). The zero-order valence-electron chi connectivity index (χ0n) is 10.9. The van der Waals surface area contributed by atoms with Crippen molar-refractivity contribution in [3.05, 3.63) is 63.8 Å². The van der Waals surface area contributed by atoms with Crippen molar-refractivity contribution in [1.82, 2.24) is 4.98 Å². The number of hydrogen-bond donors (Lipinski definition) is 2. The number of nitriles is 1. The van der Waals surface area contributed by atoms with Crippen LogP contribution in [0, 0.1) is 21.4 Å². The summed E-state index contributed by atoms with van der Waals surface area (Å²) in [6.45, 7) is -0.247. The SMILES string of the molecule is N#Cc1cnc(NC(CO)c2ccccc2)c([N+](=O)[O-])c1. The molecule has 106 valence electrons. The van der Waals surface area contributed by atoms with Gasteiger partial charge >= 0.3 is 5.69 Å². The van der Waals surface area contributed by atoms with Crippen LogP contribution in [0.15, 0.2) is 42.6 Å². The number of nitro groups is 1. The second kappa shape index (κ2) is 6.45. The summed E-state index contributed by atoms with van der Waals surface area (Å²) in [6.07, 6.45) is 1.24. The molecule has 7 nitrogen and oxygen atoms in total. The van der Waals surface area contributed by atoms with E-state index in [1.807, 2.05) is 6.07 Å². The van der Waals surface area contributed by atoms with E-state index in [0.717, 1.165) is 11.6 Å². The van der Waals surface area contributed by atoms with Gasteiger partial charge in [-0.25, -0.2) is 4.98 Å². The van der Waals surface area contributed by atoms with Crippen LogP contribution in [-0.4, -0.2) is 21.6 Å². The Bertz CT molecular complexity index is 682. The molecule has 0 radical (unpaired) electrons. The number of aliphatic hydroxyl groups is 1. The minimum absolute atomic E-state index is 0.0157. The van der Waals surface area contributed by atoms with Crippen LogP contribution in [0.5, 0.6) is 0 Å². The van der Waals surface area contributed by atoms with Crippen LogP contribution in [0.4, 0.5) is 11.5 Å². The molecule has 1 aromatic carbocycles. The van der Waals surface area contributed by atoms with Gasteiger partial charge in [0.25, 0.3) is 0 Å². The Kier molecular flexibility index (Phi) is 4.43. The summed E-state index contributed by atoms with van der Waals surface area (Å²) < 4.78 is 0. The highest BCUT2D eigenvalue weighted by molar-refractivity contribution is 5.59. The molecule has 0 amide bonds. The molecule has 0 bridgehead atoms. The second-order valence-corrected chi connectivity index (χ2v) is 4.25. The van der Waals surface area contributed by atoms with Gasteiger partial charge in [-0.15, -0.1) is 0 Å². The first kappa shape index (κ1) is 14.4. The van der Waals surface area contributed by atoms with Gasteiger partial charge in [-0.05, 0) is 5.56 Å². The van der Waals surface area contributed by atoms with Crippen molar-refractivity contribution in [2.45, 2.75) is 6.04 Å². The van der Waals surface area contributed by atoms with E-state index in [9.17, 15) is 15.2 Å². The molecule has 2 aromatic rings. The number of nitrogens with one attached hydrogen (secondary N) is 1. The Balaban J connectivity index is 2.34. The highest BCUT2D eigenvalue weighted by atomic mass is 16.6. The highest BCUT2D eigenvalue weighted by Crippen LogP contribution is 2.26. The predicted molar refractivity (Wildman–Crippen MR) is 75.5 cm³/mol. The average Bonchev–Trinajstić information content (AvgIpc) is 2.53. The number of nitrogens with zero attached hydrogens (tertiary/aromatic N) is 3. The maximum absolute atomic E-state index is 11.0. The zero-order valence-corrected chi connectivity index (χ0v) is 10.9. The van der Waals surface area contributed by atoms with E-state index in [-0.39, 0.29) is 23.7 Å². The largest absolute Gasteiger partial charge is 0.394 e. The smallest absolute Gasteiger partial charge is 0.312 e. The van der Waals surface area contributed by atoms with Crippen LogP contribution < -0.4 is 5.32 Å². The first-order valence-corrected chi connectivity index (χ1v) is 6.12. The van der Waals surface area contributed by atoms with Gasteiger partial charge in [0.05, 0.1) is 23.1 Å². The molecule has 2 N–H and O–H groups in total. The molecule has 21 heavy (non-hydrogen) atoms. The Morgan fingerprint density at radius 2 is 2.14 bits per heavy atom. The molecular formula is C14H12N4O3. The molecule has 1 atom stereocenters. The molecule has 0 aliphatic rings. The lowest BCUT2D eigenvalue weighted by Gasteiger charge is -2.17. The lowest BCUT2D eigenvalue weighted by molar-refractivity contribution is -0.384. The zero-order chi connectivity index (χ0) is 15.2. The number of aromatic nitrogens is 1. The molecule has 0 saturated heterocycles. The lowest BCUT2D eigenvalue weighted by atomic mass is 10.1. The molecule has 0 aliphatic carbocycles. The van der Waals surface area contributed by atoms with Crippen LogP contribution in [0.3, 0.4) is 0 Å². The van der Waals surface area contributed by atoms with E-state index < -0.39 is 11.0 Å². The molecular weight excluding hydrogens is 272 g/mol. The van der Waals surface area contributed by atoms with Crippen LogP contribution in [0.25, 0.3) is 0 Å². The normalized spacial score (nSPS) is 11.4. The van der Waals surface area contributed by atoms with Crippen molar-refractivity contribution in [2.24, 2.45) is 0 Å². The van der Waals surface area contributed by atoms with Crippen molar-refractivity contribution in [2.75, 3.05) is 11.9 Å². The van der Waals surface area contributed by atoms with E-state index in [0.29, 0.717) is 0 Å². The summed E-state index contributed by atoms with van der Waals surface area (Å²) in [4.78, 5) is 14.3. The lowest BCUT2D eigenvalue weighted by Crippen LogP contribution is -2.16. The van der Waals surface area contributed by atoms with E-state index in [1.165, 1.54) is 6.20 Å². The summed E-state index contributed by atoms with van der Waals surface area (Å²) in [5, 5.41) is 32.1. The molecule has 0 saturated carbocycles. The number of hydrogen-bond acceptors (Lipinski definition) is 6. The standard InChI is InChI=1S/C14H12N4O3/c15-7-10-6-13(18(20)21)14(16-8-10)17-12(9-19)11-4-2-1-3-5-11/h1-6,8,12,19H,9H2,(H,16,17). The van der Waals surface area contributed by atoms with Gasteiger partial charge in [-0.1, -0.05) is 30.3 Å². The number of aliphatic hydroxyl groups excluding tert-OH is 1. The van der Waals surface area contributed by atoms with E-state index in [1.54, 1.807) is 30.3 Å². The summed E-state index contributed by atoms with van der Waals surface area (Å²) in [5.41, 5.74) is 0.580. The molecule has 1 unspecified atom stereocenters. The summed E-state index contributed by atoms with van der Waals surface area (Å²) in [6, 6.07) is 11.5. The van der Waals surface area contributed by atoms with Gasteiger partial charge in [-0.2, -0.15) is 5.26 Å². The Hall–Kier alpha value is -2.98. The maximum atomic E-state index is 11.0. The quantitative estimate of drug-likeness (QED) is 0.641. The van der Waals surface area contributed by atoms with Crippen LogP contribution in [-0.2, 0) is 0 Å². The summed E-state index contributed by atoms with van der Waals surface area (Å²) >= 11 is 0. The summed E-state index contributed by atoms with van der Waals surface area (Å²) in [7, 11) is 0. The third-order valence-electron chi connectivity index (χ3n) is 2.89. The van der Waals surface area contributed by atoms with Gasteiger partial charge in [0.15, 0.2) is 0 Å². The average molecular weight is 284 g/mol. The third-order valence-corrected chi connectivity index (χ3v) is 2.89. The first-order chi connectivity index (χ1) is 10.2. The minimum Gasteiger partial charge on any atom is -0.394 e. The molecule has 0 aliphatic heterocycles. The van der Waals surface area contributed by atoms with Gasteiger partial charge in [0.1, 0.15) is 6.07 Å². The van der Waals surface area contributed by atoms with Crippen molar-refractivity contribution in [1.29, 1.82) is 5.26 Å². The second-order valence-electron chi connectivity index (χ2n) is 4.25.